The Labute approximate surface area is 369 Å². The van der Waals surface area contributed by atoms with Gasteiger partial charge < -0.3 is 4.90 Å². The van der Waals surface area contributed by atoms with Gasteiger partial charge in [-0.3, -0.25) is 0 Å². The van der Waals surface area contributed by atoms with Gasteiger partial charge in [0.1, 0.15) is 0 Å². The Hall–Kier alpha value is -8.26. The predicted molar refractivity (Wildman–Crippen MR) is 269 cm³/mol. The van der Waals surface area contributed by atoms with Crippen molar-refractivity contribution in [1.29, 1.82) is 0 Å². The molecule has 0 N–H and O–H groups in total. The number of para-hydroxylation sites is 1. The summed E-state index contributed by atoms with van der Waals surface area (Å²) in [6.45, 7) is 0. The summed E-state index contributed by atoms with van der Waals surface area (Å²) in [6.07, 6.45) is 0. The van der Waals surface area contributed by atoms with Crippen molar-refractivity contribution in [2.45, 2.75) is 0 Å². The molecule has 11 rings (SSSR count). The van der Waals surface area contributed by atoms with Crippen LogP contribution in [0.1, 0.15) is 0 Å². The molecule has 0 aliphatic carbocycles. The number of nitrogens with zero attached hydrogens (tertiary/aromatic N) is 1. The Kier molecular flexibility index (Phi) is 9.97. The lowest BCUT2D eigenvalue weighted by Gasteiger charge is -2.29. The highest BCUT2D eigenvalue weighted by Gasteiger charge is 2.21. The average Bonchev–Trinajstić information content (AvgIpc) is 3.37. The smallest absolute Gasteiger partial charge is 0.0540 e. The molecule has 0 fully saturated rings. The molecule has 0 aromatic heterocycles. The van der Waals surface area contributed by atoms with Crippen molar-refractivity contribution < 1.29 is 0 Å². The predicted octanol–water partition coefficient (Wildman–Crippen LogP) is 17.5. The zero-order valence-electron chi connectivity index (χ0n) is 34.8. The third-order valence-corrected chi connectivity index (χ3v) is 12.3. The van der Waals surface area contributed by atoms with Gasteiger partial charge in [-0.2, -0.15) is 0 Å². The summed E-state index contributed by atoms with van der Waals surface area (Å²) in [5.41, 5.74) is 17.4. The van der Waals surface area contributed by atoms with Crippen LogP contribution < -0.4 is 4.90 Å². The first-order valence-electron chi connectivity index (χ1n) is 21.7. The lowest BCUT2D eigenvalue weighted by molar-refractivity contribution is 1.28. The highest BCUT2D eigenvalue weighted by atomic mass is 15.1. The van der Waals surface area contributed by atoms with Gasteiger partial charge in [0.05, 0.1) is 5.69 Å². The molecule has 0 bridgehead atoms. The van der Waals surface area contributed by atoms with E-state index in [9.17, 15) is 0 Å². The second kappa shape index (κ2) is 16.7. The molecule has 0 unspecified atom stereocenters. The minimum atomic E-state index is 1.08. The molecule has 296 valence electrons. The van der Waals surface area contributed by atoms with Gasteiger partial charge in [0.25, 0.3) is 0 Å². The lowest BCUT2D eigenvalue weighted by atomic mass is 9.87. The zero-order chi connectivity index (χ0) is 42.0. The van der Waals surface area contributed by atoms with E-state index in [0.29, 0.717) is 0 Å². The van der Waals surface area contributed by atoms with Crippen molar-refractivity contribution >= 4 is 38.6 Å². The first-order valence-corrected chi connectivity index (χ1v) is 21.7. The molecule has 0 amide bonds. The van der Waals surface area contributed by atoms with Crippen LogP contribution in [-0.4, -0.2) is 0 Å². The molecule has 0 spiro atoms. The molecular weight excluding hydrogens is 759 g/mol. The van der Waals surface area contributed by atoms with E-state index < -0.39 is 0 Å². The van der Waals surface area contributed by atoms with Crippen molar-refractivity contribution in [3.63, 3.8) is 0 Å². The van der Waals surface area contributed by atoms with Gasteiger partial charge >= 0.3 is 0 Å². The summed E-state index contributed by atoms with van der Waals surface area (Å²) >= 11 is 0. The van der Waals surface area contributed by atoms with E-state index in [4.69, 9.17) is 0 Å². The largest absolute Gasteiger partial charge is 0.310 e. The number of anilines is 3. The van der Waals surface area contributed by atoms with Crippen LogP contribution in [0.2, 0.25) is 0 Å². The summed E-state index contributed by atoms with van der Waals surface area (Å²) < 4.78 is 0. The number of rotatable bonds is 9. The molecule has 11 aromatic carbocycles. The topological polar surface area (TPSA) is 3.24 Å². The van der Waals surface area contributed by atoms with Crippen LogP contribution in [0.4, 0.5) is 17.1 Å². The minimum absolute atomic E-state index is 1.08. The number of hydrogen-bond donors (Lipinski definition) is 0. The van der Waals surface area contributed by atoms with Crippen LogP contribution in [0.15, 0.2) is 261 Å². The molecule has 0 radical (unpaired) electrons. The van der Waals surface area contributed by atoms with E-state index in [1.54, 1.807) is 0 Å². The molecule has 0 aliphatic heterocycles. The van der Waals surface area contributed by atoms with Gasteiger partial charge in [-0.1, -0.05) is 212 Å². The van der Waals surface area contributed by atoms with Gasteiger partial charge in [-0.15, -0.1) is 0 Å². The zero-order valence-corrected chi connectivity index (χ0v) is 34.8. The van der Waals surface area contributed by atoms with Gasteiger partial charge in [0.2, 0.25) is 0 Å². The first kappa shape index (κ1) is 37.7. The quantitative estimate of drug-likeness (QED) is 0.141. The summed E-state index contributed by atoms with van der Waals surface area (Å²) in [5.74, 6) is 0. The summed E-state index contributed by atoms with van der Waals surface area (Å²) in [4.78, 5) is 2.43. The lowest BCUT2D eigenvalue weighted by Crippen LogP contribution is -2.11. The molecule has 1 heteroatoms. The average molecular weight is 802 g/mol. The van der Waals surface area contributed by atoms with Crippen molar-refractivity contribution in [1.82, 2.24) is 0 Å². The van der Waals surface area contributed by atoms with Crippen LogP contribution in [-0.2, 0) is 0 Å². The number of benzene rings is 11. The second-order valence-electron chi connectivity index (χ2n) is 16.1. The van der Waals surface area contributed by atoms with E-state index in [2.05, 4.69) is 266 Å². The molecule has 0 heterocycles. The first-order chi connectivity index (χ1) is 31.2. The van der Waals surface area contributed by atoms with E-state index in [1.807, 2.05) is 0 Å². The van der Waals surface area contributed by atoms with E-state index in [0.717, 1.165) is 22.6 Å². The van der Waals surface area contributed by atoms with Gasteiger partial charge in [0.15, 0.2) is 0 Å². The summed E-state index contributed by atoms with van der Waals surface area (Å²) in [6, 6.07) is 94.8. The SMILES string of the molecule is c1ccc(-c2ccc(-c3ccccc3)c(-c3ccccc3-c3ccccc3N(c3ccc(-c4ccc5ccccc5c4)cc3)c3cccc(-c4ccc5ccccc5c4)c3)c2)cc1. The fraction of sp³-hybridized carbons (Fsp3) is 0. The molecule has 1 nitrogen and oxygen atoms in total. The van der Waals surface area contributed by atoms with E-state index >= 15 is 0 Å². The Morgan fingerprint density at radius 1 is 0.190 bits per heavy atom. The van der Waals surface area contributed by atoms with E-state index in [-0.39, 0.29) is 0 Å². The Bertz CT molecular complexity index is 3380. The Morgan fingerprint density at radius 2 is 0.635 bits per heavy atom. The summed E-state index contributed by atoms with van der Waals surface area (Å²) in [5, 5.41) is 4.95. The fourth-order valence-corrected chi connectivity index (χ4v) is 9.09. The minimum Gasteiger partial charge on any atom is -0.310 e. The maximum Gasteiger partial charge on any atom is 0.0540 e. The van der Waals surface area contributed by atoms with Crippen molar-refractivity contribution in [3.05, 3.63) is 261 Å². The van der Waals surface area contributed by atoms with Crippen molar-refractivity contribution in [2.75, 3.05) is 4.90 Å². The molecule has 11 aromatic rings. The molecule has 63 heavy (non-hydrogen) atoms. The van der Waals surface area contributed by atoms with Crippen LogP contribution >= 0.6 is 0 Å². The maximum absolute atomic E-state index is 2.43. The fourth-order valence-electron chi connectivity index (χ4n) is 9.09. The van der Waals surface area contributed by atoms with Crippen LogP contribution in [0.3, 0.4) is 0 Å². The summed E-state index contributed by atoms with van der Waals surface area (Å²) in [7, 11) is 0. The number of fused-ring (bicyclic) bond motifs is 2. The molecular formula is C62H43N. The van der Waals surface area contributed by atoms with Gasteiger partial charge in [-0.05, 0) is 131 Å². The molecule has 0 saturated heterocycles. The monoisotopic (exact) mass is 801 g/mol. The van der Waals surface area contributed by atoms with Gasteiger partial charge in [-0.25, -0.2) is 0 Å². The Morgan fingerprint density at radius 3 is 1.30 bits per heavy atom. The van der Waals surface area contributed by atoms with Crippen LogP contribution in [0.25, 0.3) is 88.3 Å². The van der Waals surface area contributed by atoms with Crippen LogP contribution in [0.5, 0.6) is 0 Å². The standard InChI is InChI=1S/C62H43N/c1-3-16-44(17-4-1)54-36-39-57(48-20-5-2-6-21-48)61(43-54)59-27-12-11-26-58(59)60-28-13-14-29-62(60)63(55-37-34-47(35-38-55)52-32-30-45-18-7-9-22-49(45)40-52)56-25-15-24-51(42-56)53-33-31-46-19-8-10-23-50(46)41-53/h1-43H. The van der Waals surface area contributed by atoms with Gasteiger partial charge in [0, 0.05) is 16.9 Å². The highest BCUT2D eigenvalue weighted by molar-refractivity contribution is 5.99. The third-order valence-electron chi connectivity index (χ3n) is 12.3. The third kappa shape index (κ3) is 7.47. The van der Waals surface area contributed by atoms with Crippen molar-refractivity contribution in [3.8, 4) is 66.8 Å². The number of hydrogen-bond acceptors (Lipinski definition) is 1. The second-order valence-corrected chi connectivity index (χ2v) is 16.1. The normalized spacial score (nSPS) is 11.2. The Balaban J connectivity index is 1.09. The van der Waals surface area contributed by atoms with Crippen LogP contribution in [0, 0.1) is 0 Å². The molecule has 0 atom stereocenters. The van der Waals surface area contributed by atoms with Crippen molar-refractivity contribution in [2.24, 2.45) is 0 Å². The molecule has 0 saturated carbocycles. The van der Waals surface area contributed by atoms with E-state index in [1.165, 1.54) is 82.7 Å². The highest BCUT2D eigenvalue weighted by Crippen LogP contribution is 2.47. The molecule has 0 aliphatic rings. The maximum atomic E-state index is 2.43.